The van der Waals surface area contributed by atoms with E-state index in [1.165, 1.54) is 24.3 Å². The van der Waals surface area contributed by atoms with Gasteiger partial charge < -0.3 is 25.5 Å². The second kappa shape index (κ2) is 10.6. The summed E-state index contributed by atoms with van der Waals surface area (Å²) in [6.07, 6.45) is 0.161. The van der Waals surface area contributed by atoms with Crippen LogP contribution in [0.25, 0.3) is 11.1 Å². The van der Waals surface area contributed by atoms with Gasteiger partial charge in [0.1, 0.15) is 17.3 Å². The van der Waals surface area contributed by atoms with E-state index in [4.69, 9.17) is 12.2 Å². The Balaban J connectivity index is 1.44. The third kappa shape index (κ3) is 5.28. The molecule has 0 bridgehead atoms. The fourth-order valence-corrected chi connectivity index (χ4v) is 5.26. The van der Waals surface area contributed by atoms with Gasteiger partial charge in [-0.15, -0.1) is 0 Å². The minimum Gasteiger partial charge on any atom is -0.508 e. The summed E-state index contributed by atoms with van der Waals surface area (Å²) in [7, 11) is 0. The van der Waals surface area contributed by atoms with Crippen LogP contribution in [-0.2, 0) is 0 Å². The number of anilines is 1. The average molecular weight is 515 g/mol. The van der Waals surface area contributed by atoms with Crippen molar-refractivity contribution in [2.45, 2.75) is 31.0 Å². The zero-order valence-electron chi connectivity index (χ0n) is 20.0. The highest BCUT2D eigenvalue weighted by Gasteiger charge is 2.40. The lowest BCUT2D eigenvalue weighted by Gasteiger charge is -2.29. The molecule has 5 nitrogen and oxygen atoms in total. The molecule has 0 spiro atoms. The number of phenols is 2. The molecule has 1 heterocycles. The van der Waals surface area contributed by atoms with Gasteiger partial charge in [-0.25, -0.2) is 4.39 Å². The van der Waals surface area contributed by atoms with E-state index in [1.807, 2.05) is 47.4 Å². The Morgan fingerprint density at radius 1 is 0.865 bits per heavy atom. The third-order valence-electron chi connectivity index (χ3n) is 6.78. The molecule has 37 heavy (non-hydrogen) atoms. The Hall–Kier alpha value is -3.94. The van der Waals surface area contributed by atoms with E-state index in [-0.39, 0.29) is 29.4 Å². The van der Waals surface area contributed by atoms with Crippen LogP contribution >= 0.6 is 12.2 Å². The van der Waals surface area contributed by atoms with Crippen molar-refractivity contribution in [2.24, 2.45) is 0 Å². The standard InChI is InChI=1S/C30H27FN2O3S/c31-22-10-6-21(7-11-22)27(35)17-16-26-29(25-15-14-24(34)18-28(25)36)33(30(37)32-26)23-12-8-20(9-13-23)19-4-2-1-3-5-19/h1-15,18,26-27,29,34-36H,16-17H2,(H,32,37)/t26-,27?,29+/m0/s1. The van der Waals surface area contributed by atoms with Crippen LogP contribution in [0.5, 0.6) is 11.5 Å². The third-order valence-corrected chi connectivity index (χ3v) is 7.09. The first kappa shape index (κ1) is 24.7. The smallest absolute Gasteiger partial charge is 0.174 e. The van der Waals surface area contributed by atoms with E-state index in [0.29, 0.717) is 29.1 Å². The van der Waals surface area contributed by atoms with Crippen LogP contribution in [-0.4, -0.2) is 26.5 Å². The van der Waals surface area contributed by atoms with Gasteiger partial charge in [0.2, 0.25) is 0 Å². The van der Waals surface area contributed by atoms with E-state index in [2.05, 4.69) is 17.4 Å². The Morgan fingerprint density at radius 2 is 1.54 bits per heavy atom. The maximum atomic E-state index is 13.3. The average Bonchev–Trinajstić information content (AvgIpc) is 3.23. The van der Waals surface area contributed by atoms with Gasteiger partial charge in [0, 0.05) is 17.3 Å². The maximum Gasteiger partial charge on any atom is 0.174 e. The quantitative estimate of drug-likeness (QED) is 0.219. The second-order valence-corrected chi connectivity index (χ2v) is 9.56. The minimum absolute atomic E-state index is 0.0307. The van der Waals surface area contributed by atoms with Gasteiger partial charge >= 0.3 is 0 Å². The summed E-state index contributed by atoms with van der Waals surface area (Å²) in [5.41, 5.74) is 4.29. The largest absolute Gasteiger partial charge is 0.508 e. The van der Waals surface area contributed by atoms with Crippen molar-refractivity contribution in [1.29, 1.82) is 0 Å². The highest BCUT2D eigenvalue weighted by atomic mass is 32.1. The number of thiocarbonyl (C=S) groups is 1. The Morgan fingerprint density at radius 3 is 2.22 bits per heavy atom. The molecule has 188 valence electrons. The number of halogens is 1. The molecule has 0 saturated carbocycles. The molecule has 0 aromatic heterocycles. The predicted molar refractivity (Wildman–Crippen MR) is 147 cm³/mol. The summed E-state index contributed by atoms with van der Waals surface area (Å²) in [5.74, 6) is -0.418. The molecule has 0 radical (unpaired) electrons. The second-order valence-electron chi connectivity index (χ2n) is 9.17. The zero-order valence-corrected chi connectivity index (χ0v) is 20.8. The molecule has 1 aliphatic rings. The number of phenolic OH excluding ortho intramolecular Hbond substituents is 2. The number of aromatic hydroxyl groups is 2. The number of aliphatic hydroxyl groups excluding tert-OH is 1. The van der Waals surface area contributed by atoms with E-state index in [0.717, 1.165) is 16.8 Å². The highest BCUT2D eigenvalue weighted by Crippen LogP contribution is 2.41. The normalized spacial score (nSPS) is 18.0. The molecule has 0 amide bonds. The molecular formula is C30H27FN2O3S. The highest BCUT2D eigenvalue weighted by molar-refractivity contribution is 7.80. The van der Waals surface area contributed by atoms with Crippen LogP contribution in [0.2, 0.25) is 0 Å². The Bertz CT molecular complexity index is 1380. The lowest BCUT2D eigenvalue weighted by Crippen LogP contribution is -2.29. The summed E-state index contributed by atoms with van der Waals surface area (Å²) in [4.78, 5) is 1.96. The number of hydrogen-bond acceptors (Lipinski definition) is 4. The number of nitrogens with zero attached hydrogens (tertiary/aromatic N) is 1. The van der Waals surface area contributed by atoms with Gasteiger partial charge in [0.05, 0.1) is 18.2 Å². The lowest BCUT2D eigenvalue weighted by atomic mass is 9.92. The van der Waals surface area contributed by atoms with Gasteiger partial charge in [0.25, 0.3) is 0 Å². The predicted octanol–water partition coefficient (Wildman–Crippen LogP) is 6.22. The molecule has 1 saturated heterocycles. The minimum atomic E-state index is -0.774. The molecule has 4 N–H and O–H groups in total. The first-order valence-corrected chi connectivity index (χ1v) is 12.5. The number of aliphatic hydroxyl groups is 1. The van der Waals surface area contributed by atoms with Crippen molar-refractivity contribution in [2.75, 3.05) is 4.90 Å². The van der Waals surface area contributed by atoms with Crippen LogP contribution in [0.1, 0.15) is 36.1 Å². The van der Waals surface area contributed by atoms with Crippen molar-refractivity contribution in [3.63, 3.8) is 0 Å². The molecule has 7 heteroatoms. The van der Waals surface area contributed by atoms with Crippen LogP contribution in [0.15, 0.2) is 97.1 Å². The summed E-state index contributed by atoms with van der Waals surface area (Å²) in [6, 6.07) is 27.9. The van der Waals surface area contributed by atoms with Crippen molar-refractivity contribution >= 4 is 23.0 Å². The zero-order chi connectivity index (χ0) is 25.9. The van der Waals surface area contributed by atoms with Gasteiger partial charge in [-0.05, 0) is 78.1 Å². The van der Waals surface area contributed by atoms with Crippen LogP contribution in [0.4, 0.5) is 10.1 Å². The summed E-state index contributed by atoms with van der Waals surface area (Å²) >= 11 is 5.74. The van der Waals surface area contributed by atoms with Crippen molar-refractivity contribution < 1.29 is 19.7 Å². The summed E-state index contributed by atoms with van der Waals surface area (Å²) in [6.45, 7) is 0. The molecule has 5 rings (SSSR count). The molecule has 1 fully saturated rings. The molecular weight excluding hydrogens is 487 g/mol. The van der Waals surface area contributed by atoms with Crippen LogP contribution < -0.4 is 10.2 Å². The van der Waals surface area contributed by atoms with E-state index in [1.54, 1.807) is 18.2 Å². The number of nitrogens with one attached hydrogen (secondary N) is 1. The van der Waals surface area contributed by atoms with Crippen LogP contribution in [0, 0.1) is 5.82 Å². The lowest BCUT2D eigenvalue weighted by molar-refractivity contribution is 0.159. The fourth-order valence-electron chi connectivity index (χ4n) is 4.89. The van der Waals surface area contributed by atoms with E-state index >= 15 is 0 Å². The van der Waals surface area contributed by atoms with E-state index in [9.17, 15) is 19.7 Å². The summed E-state index contributed by atoms with van der Waals surface area (Å²) < 4.78 is 13.3. The maximum absolute atomic E-state index is 13.3. The molecule has 0 aliphatic carbocycles. The Kier molecular flexibility index (Phi) is 7.08. The summed E-state index contributed by atoms with van der Waals surface area (Å²) in [5, 5.41) is 35.2. The SMILES string of the molecule is Oc1ccc([C@@H]2[C@H](CCC(O)c3ccc(F)cc3)NC(=S)N2c2ccc(-c3ccccc3)cc2)c(O)c1. The molecule has 1 aliphatic heterocycles. The van der Waals surface area contributed by atoms with E-state index < -0.39 is 6.10 Å². The first-order chi connectivity index (χ1) is 17.9. The molecule has 1 unspecified atom stereocenters. The van der Waals surface area contributed by atoms with Crippen LogP contribution in [0.3, 0.4) is 0 Å². The molecule has 3 atom stereocenters. The first-order valence-electron chi connectivity index (χ1n) is 12.1. The topological polar surface area (TPSA) is 76.0 Å². The van der Waals surface area contributed by atoms with Gasteiger partial charge in [-0.1, -0.05) is 54.6 Å². The van der Waals surface area contributed by atoms with Gasteiger partial charge in [0.15, 0.2) is 5.11 Å². The van der Waals surface area contributed by atoms with Gasteiger partial charge in [-0.3, -0.25) is 0 Å². The number of benzene rings is 4. The van der Waals surface area contributed by atoms with Crippen molar-refractivity contribution in [3.8, 4) is 22.6 Å². The number of hydrogen-bond donors (Lipinski definition) is 4. The molecule has 4 aromatic rings. The van der Waals surface area contributed by atoms with Crippen molar-refractivity contribution in [3.05, 3.63) is 114 Å². The monoisotopic (exact) mass is 514 g/mol. The fraction of sp³-hybridized carbons (Fsp3) is 0.167. The Labute approximate surface area is 220 Å². The molecule has 4 aromatic carbocycles. The van der Waals surface area contributed by atoms with Gasteiger partial charge in [-0.2, -0.15) is 0 Å². The number of rotatable bonds is 7. The van der Waals surface area contributed by atoms with Crippen molar-refractivity contribution in [1.82, 2.24) is 5.32 Å².